The van der Waals surface area contributed by atoms with Gasteiger partial charge in [0.15, 0.2) is 5.78 Å². The first-order valence-electron chi connectivity index (χ1n) is 9.07. The molecule has 1 saturated heterocycles. The van der Waals surface area contributed by atoms with Gasteiger partial charge in [0.1, 0.15) is 17.1 Å². The van der Waals surface area contributed by atoms with Gasteiger partial charge < -0.3 is 9.64 Å². The van der Waals surface area contributed by atoms with Crippen LogP contribution in [0.2, 0.25) is 0 Å². The van der Waals surface area contributed by atoms with Crippen LogP contribution in [0.3, 0.4) is 0 Å². The number of hydrogen-bond acceptors (Lipinski definition) is 5. The number of likely N-dealkylation sites (tertiary alicyclic amines) is 1. The Morgan fingerprint density at radius 2 is 1.84 bits per heavy atom. The predicted molar refractivity (Wildman–Crippen MR) is 95.7 cm³/mol. The molecular weight excluding hydrogens is 318 g/mol. The van der Waals surface area contributed by atoms with Crippen molar-refractivity contribution in [3.63, 3.8) is 0 Å². The van der Waals surface area contributed by atoms with E-state index in [0.717, 1.165) is 32.0 Å². The Bertz CT molecular complexity index is 642. The molecule has 136 valence electrons. The summed E-state index contributed by atoms with van der Waals surface area (Å²) in [5.41, 5.74) is -0.161. The molecule has 1 amide bonds. The smallest absolute Gasteiger partial charge is 0.413 e. The summed E-state index contributed by atoms with van der Waals surface area (Å²) in [6.45, 7) is 7.39. The first-order valence-corrected chi connectivity index (χ1v) is 9.07. The molecule has 2 heterocycles. The molecule has 25 heavy (non-hydrogen) atoms. The number of nitrogens with one attached hydrogen (secondary N) is 1. The van der Waals surface area contributed by atoms with Crippen LogP contribution >= 0.6 is 0 Å². The van der Waals surface area contributed by atoms with Crippen LogP contribution in [0.1, 0.15) is 56.9 Å². The molecule has 1 aromatic rings. The normalized spacial score (nSPS) is 19.5. The number of amides is 1. The van der Waals surface area contributed by atoms with Crippen molar-refractivity contribution in [1.82, 2.24) is 9.88 Å². The minimum Gasteiger partial charge on any atom is -0.444 e. The van der Waals surface area contributed by atoms with E-state index in [-0.39, 0.29) is 11.7 Å². The molecule has 2 fully saturated rings. The van der Waals surface area contributed by atoms with Crippen molar-refractivity contribution >= 4 is 17.7 Å². The number of nitrogens with zero attached hydrogens (tertiary/aromatic N) is 2. The van der Waals surface area contributed by atoms with Gasteiger partial charge in [-0.2, -0.15) is 0 Å². The summed E-state index contributed by atoms with van der Waals surface area (Å²) in [5.74, 6) is 0.443. The third-order valence-electron chi connectivity index (χ3n) is 4.59. The zero-order valence-corrected chi connectivity index (χ0v) is 15.2. The maximum absolute atomic E-state index is 12.7. The number of carbonyl (C=O) groups excluding carboxylic acids is 2. The summed E-state index contributed by atoms with van der Waals surface area (Å²) < 4.78 is 5.22. The summed E-state index contributed by atoms with van der Waals surface area (Å²) in [6.07, 6.45) is 3.82. The fourth-order valence-electron chi connectivity index (χ4n) is 3.23. The highest BCUT2D eigenvalue weighted by Crippen LogP contribution is 2.31. The third kappa shape index (κ3) is 5.01. The molecule has 1 aliphatic heterocycles. The standard InChI is InChI=1S/C19H27N3O3/c1-19(2,3)25-18(24)21-16-6-4-5-15(20-16)17(23)13-9-11-22(12-10-13)14-7-8-14/h4-6,13-14H,7-12H2,1-3H3,(H,20,21,24). The van der Waals surface area contributed by atoms with Gasteiger partial charge in [-0.3, -0.25) is 10.1 Å². The lowest BCUT2D eigenvalue weighted by Crippen LogP contribution is -2.37. The van der Waals surface area contributed by atoms with E-state index < -0.39 is 11.7 Å². The second-order valence-corrected chi connectivity index (χ2v) is 7.94. The molecule has 2 aliphatic rings. The quantitative estimate of drug-likeness (QED) is 0.846. The summed E-state index contributed by atoms with van der Waals surface area (Å²) >= 11 is 0. The monoisotopic (exact) mass is 345 g/mol. The SMILES string of the molecule is CC(C)(C)OC(=O)Nc1cccc(C(=O)C2CCN(C3CC3)CC2)n1. The zero-order valence-electron chi connectivity index (χ0n) is 15.2. The van der Waals surface area contributed by atoms with Crippen molar-refractivity contribution < 1.29 is 14.3 Å². The Morgan fingerprint density at radius 3 is 2.44 bits per heavy atom. The molecule has 6 nitrogen and oxygen atoms in total. The van der Waals surface area contributed by atoms with Crippen molar-refractivity contribution in [1.29, 1.82) is 0 Å². The van der Waals surface area contributed by atoms with Crippen LogP contribution in [0.25, 0.3) is 0 Å². The van der Waals surface area contributed by atoms with Gasteiger partial charge in [0.2, 0.25) is 0 Å². The van der Waals surface area contributed by atoms with Crippen LogP contribution in [0, 0.1) is 5.92 Å². The second-order valence-electron chi connectivity index (χ2n) is 7.94. The number of ketones is 1. The Balaban J connectivity index is 1.58. The lowest BCUT2D eigenvalue weighted by molar-refractivity contribution is 0.0634. The number of ether oxygens (including phenoxy) is 1. The molecule has 0 bridgehead atoms. The molecule has 1 N–H and O–H groups in total. The van der Waals surface area contributed by atoms with Crippen LogP contribution in [0.4, 0.5) is 10.6 Å². The molecule has 0 aromatic carbocycles. The first-order chi connectivity index (χ1) is 11.8. The predicted octanol–water partition coefficient (Wildman–Crippen LogP) is 3.49. The van der Waals surface area contributed by atoms with Gasteiger partial charge in [0.25, 0.3) is 0 Å². The number of piperidine rings is 1. The molecule has 3 rings (SSSR count). The average Bonchev–Trinajstić information content (AvgIpc) is 3.37. The summed E-state index contributed by atoms with van der Waals surface area (Å²) in [4.78, 5) is 31.4. The number of carbonyl (C=O) groups is 2. The summed E-state index contributed by atoms with van der Waals surface area (Å²) in [7, 11) is 0. The van der Waals surface area contributed by atoms with Crippen molar-refractivity contribution in [2.75, 3.05) is 18.4 Å². The lowest BCUT2D eigenvalue weighted by atomic mass is 9.90. The maximum Gasteiger partial charge on any atom is 0.413 e. The number of rotatable bonds is 4. The molecule has 0 spiro atoms. The van der Waals surface area contributed by atoms with Crippen LogP contribution in [-0.4, -0.2) is 46.5 Å². The summed E-state index contributed by atoms with van der Waals surface area (Å²) in [5, 5.41) is 2.59. The van der Waals surface area contributed by atoms with Gasteiger partial charge in [-0.25, -0.2) is 9.78 Å². The van der Waals surface area contributed by atoms with Crippen molar-refractivity contribution in [2.24, 2.45) is 5.92 Å². The number of pyridine rings is 1. The third-order valence-corrected chi connectivity index (χ3v) is 4.59. The highest BCUT2D eigenvalue weighted by atomic mass is 16.6. The maximum atomic E-state index is 12.7. The Labute approximate surface area is 148 Å². The zero-order chi connectivity index (χ0) is 18.0. The van der Waals surface area contributed by atoms with E-state index in [1.54, 1.807) is 39.0 Å². The second kappa shape index (κ2) is 7.12. The van der Waals surface area contributed by atoms with Gasteiger partial charge in [0.05, 0.1) is 0 Å². The molecule has 0 atom stereocenters. The van der Waals surface area contributed by atoms with E-state index in [9.17, 15) is 9.59 Å². The Morgan fingerprint density at radius 1 is 1.16 bits per heavy atom. The van der Waals surface area contributed by atoms with Crippen molar-refractivity contribution in [3.05, 3.63) is 23.9 Å². The van der Waals surface area contributed by atoms with Gasteiger partial charge in [0, 0.05) is 12.0 Å². The molecule has 0 radical (unpaired) electrons. The fraction of sp³-hybridized carbons (Fsp3) is 0.632. The number of Topliss-reactive ketones (excluding diaryl/α,β-unsaturated/α-hetero) is 1. The number of aromatic nitrogens is 1. The van der Waals surface area contributed by atoms with E-state index >= 15 is 0 Å². The lowest BCUT2D eigenvalue weighted by Gasteiger charge is -2.31. The molecule has 1 aromatic heterocycles. The van der Waals surface area contributed by atoms with Crippen LogP contribution in [-0.2, 0) is 4.74 Å². The summed E-state index contributed by atoms with van der Waals surface area (Å²) in [6, 6.07) is 5.88. The average molecular weight is 345 g/mol. The Kier molecular flexibility index (Phi) is 5.08. The minimum absolute atomic E-state index is 0.0271. The van der Waals surface area contributed by atoms with Gasteiger partial charge in [-0.1, -0.05) is 6.07 Å². The van der Waals surface area contributed by atoms with Crippen LogP contribution in [0.5, 0.6) is 0 Å². The van der Waals surface area contributed by atoms with E-state index in [4.69, 9.17) is 4.74 Å². The largest absolute Gasteiger partial charge is 0.444 e. The van der Waals surface area contributed by atoms with Crippen molar-refractivity contribution in [2.45, 2.75) is 58.1 Å². The van der Waals surface area contributed by atoms with Gasteiger partial charge in [-0.15, -0.1) is 0 Å². The van der Waals surface area contributed by atoms with Crippen LogP contribution < -0.4 is 5.32 Å². The molecule has 6 heteroatoms. The van der Waals surface area contributed by atoms with E-state index in [1.807, 2.05) is 0 Å². The first kappa shape index (κ1) is 17.9. The fourth-order valence-corrected chi connectivity index (χ4v) is 3.23. The van der Waals surface area contributed by atoms with Gasteiger partial charge in [-0.05, 0) is 71.7 Å². The van der Waals surface area contributed by atoms with Gasteiger partial charge >= 0.3 is 6.09 Å². The molecular formula is C19H27N3O3. The van der Waals surface area contributed by atoms with Crippen LogP contribution in [0.15, 0.2) is 18.2 Å². The van der Waals surface area contributed by atoms with Crippen molar-refractivity contribution in [3.8, 4) is 0 Å². The molecule has 1 aliphatic carbocycles. The topological polar surface area (TPSA) is 71.5 Å². The number of hydrogen-bond donors (Lipinski definition) is 1. The van der Waals surface area contributed by atoms with E-state index in [0.29, 0.717) is 11.5 Å². The van der Waals surface area contributed by atoms with E-state index in [2.05, 4.69) is 15.2 Å². The highest BCUT2D eigenvalue weighted by Gasteiger charge is 2.34. The minimum atomic E-state index is -0.576. The molecule has 0 unspecified atom stereocenters. The number of anilines is 1. The van der Waals surface area contributed by atoms with E-state index in [1.165, 1.54) is 12.8 Å². The Hall–Kier alpha value is -1.95. The highest BCUT2D eigenvalue weighted by molar-refractivity contribution is 5.97. The molecule has 1 saturated carbocycles.